The van der Waals surface area contributed by atoms with E-state index in [1.54, 1.807) is 173 Å². The van der Waals surface area contributed by atoms with Crippen molar-refractivity contribution in [1.82, 2.24) is 4.98 Å². The molecule has 0 radical (unpaired) electrons. The quantitative estimate of drug-likeness (QED) is 0.0268. The zero-order valence-corrected chi connectivity index (χ0v) is 68.7. The van der Waals surface area contributed by atoms with E-state index < -0.39 is 106 Å². The van der Waals surface area contributed by atoms with E-state index in [0.29, 0.717) is 63.1 Å². The Balaban J connectivity index is 0.000000363. The molecule has 27 nitrogen and oxygen atoms in total. The van der Waals surface area contributed by atoms with Gasteiger partial charge in [-0.25, -0.2) is 82.3 Å². The van der Waals surface area contributed by atoms with Crippen molar-refractivity contribution in [3.63, 3.8) is 0 Å². The maximum Gasteiger partial charge on any atom is 0.412 e. The molecule has 0 fully saturated rings. The fourth-order valence-corrected chi connectivity index (χ4v) is 10.1. The Morgan fingerprint density at radius 1 is 0.442 bits per heavy atom. The number of nitrogens with zero attached hydrogens (tertiary/aromatic N) is 9. The first-order valence-electron chi connectivity index (χ1n) is 35.5. The Bertz CT molecular complexity index is 5450. The van der Waals surface area contributed by atoms with Crippen molar-refractivity contribution in [3.05, 3.63) is 303 Å². The zero-order valence-electron chi connectivity index (χ0n) is 67.2. The molecule has 0 atom stereocenters. The first-order chi connectivity index (χ1) is 56.3. The number of hydrogen-bond donors (Lipinski definition) is 4. The van der Waals surface area contributed by atoms with Crippen LogP contribution in [-0.2, 0) is 25.4 Å². The average molecular weight is 1710 g/mol. The summed E-state index contributed by atoms with van der Waals surface area (Å²) >= 11 is 2.88. The van der Waals surface area contributed by atoms with Gasteiger partial charge in [0.25, 0.3) is 45.8 Å². The molecule has 120 heavy (non-hydrogen) atoms. The molecule has 0 saturated heterocycles. The number of rotatable bonds is 18. The van der Waals surface area contributed by atoms with Crippen molar-refractivity contribution in [2.24, 2.45) is 0 Å². The van der Waals surface area contributed by atoms with Crippen LogP contribution in [0.5, 0.6) is 0 Å². The largest absolute Gasteiger partial charge is 0.444 e. The number of ether oxygens (including phenoxy) is 3. The van der Waals surface area contributed by atoms with Crippen LogP contribution in [0, 0.1) is 82.0 Å². The summed E-state index contributed by atoms with van der Waals surface area (Å²) in [5.74, 6) is -6.92. The van der Waals surface area contributed by atoms with E-state index in [4.69, 9.17) is 60.2 Å². The van der Waals surface area contributed by atoms with E-state index >= 15 is 0 Å². The topological polar surface area (TPSA) is 310 Å². The minimum Gasteiger partial charge on any atom is -0.444 e. The summed E-state index contributed by atoms with van der Waals surface area (Å²) in [7, 11) is 3.57. The summed E-state index contributed by atoms with van der Waals surface area (Å²) in [5, 5.41) is 11.0. The van der Waals surface area contributed by atoms with Crippen molar-refractivity contribution in [1.29, 1.82) is 0 Å². The van der Waals surface area contributed by atoms with Crippen molar-refractivity contribution < 1.29 is 88.9 Å². The fourth-order valence-electron chi connectivity index (χ4n) is 9.66. The van der Waals surface area contributed by atoms with Crippen LogP contribution in [0.1, 0.15) is 152 Å². The molecule has 0 aliphatic carbocycles. The summed E-state index contributed by atoms with van der Waals surface area (Å²) in [5.41, 5.74) is 3.73. The number of pyridine rings is 1. The number of halogens is 6. The van der Waals surface area contributed by atoms with Gasteiger partial charge >= 0.3 is 18.3 Å². The van der Waals surface area contributed by atoms with Crippen LogP contribution in [0.25, 0.3) is 44.8 Å². The summed E-state index contributed by atoms with van der Waals surface area (Å²) in [4.78, 5) is 152. The van der Waals surface area contributed by atoms with Gasteiger partial charge in [0.05, 0.1) is 27.8 Å². The molecule has 33 heteroatoms. The van der Waals surface area contributed by atoms with Crippen LogP contribution in [0.4, 0.5) is 64.8 Å². The molecule has 0 unspecified atom stereocenters. The molecular weight excluding hydrogens is 1630 g/mol. The van der Waals surface area contributed by atoms with Crippen LogP contribution < -0.4 is 26.2 Å². The first kappa shape index (κ1) is 99.5. The average Bonchev–Trinajstić information content (AvgIpc) is 0.981. The van der Waals surface area contributed by atoms with Gasteiger partial charge in [-0.05, 0) is 208 Å². The monoisotopic (exact) mass is 1710 g/mol. The second-order valence-electron chi connectivity index (χ2n) is 28.1. The SMILES string of the molecule is [C-]#[N+]CC(=O)c1c(F)cc(Br)cc1F.[C-]#[N+]CC(=O)c1cc(NC(=O)OC(C)(C)C)ccc1F.[C-]#[N+]CC(=O)c1cc2cccnc2cc1F.[C-]#[N+]CC(=O)c1ccc(N(C)C)cc1F.[C-]#[N+]CC(=O)c1ccc(NC(=O)OC(C)(C)C)cc1.[C-]#[N+]CC(=O)c1ccc(NC(=O)OC(C)(C)C)cc1C.[C-]#[N+]CC(=O)c1ccc2c(c1)CCC(=O)N2. The Hall–Kier alpha value is -14.7. The molecule has 0 spiro atoms. The first-order valence-corrected chi connectivity index (χ1v) is 36.2. The summed E-state index contributed by atoms with van der Waals surface area (Å²) in [6.07, 6.45) is 0.869. The lowest BCUT2D eigenvalue weighted by Crippen LogP contribution is -2.27. The molecular formula is C87H81BrF5N13O14. The highest BCUT2D eigenvalue weighted by atomic mass is 79.9. The molecule has 4 N–H and O–H groups in total. The molecule has 620 valence electrons. The van der Waals surface area contributed by atoms with E-state index in [9.17, 15) is 74.7 Å². The van der Waals surface area contributed by atoms with Gasteiger partial charge in [0.2, 0.25) is 46.4 Å². The number of Topliss-reactive ketones (excluding diaryl/α,β-unsaturated/α-hetero) is 7. The molecule has 4 amide bonds. The molecule has 1 aliphatic heterocycles. The van der Waals surface area contributed by atoms with E-state index in [0.717, 1.165) is 29.4 Å². The third-order valence-electron chi connectivity index (χ3n) is 14.9. The molecule has 1 aliphatic rings. The number of aromatic nitrogens is 1. The molecule has 0 saturated carbocycles. The van der Waals surface area contributed by atoms with Gasteiger partial charge in [0, 0.05) is 87.8 Å². The highest BCUT2D eigenvalue weighted by Crippen LogP contribution is 2.27. The van der Waals surface area contributed by atoms with E-state index in [-0.39, 0.29) is 82.8 Å². The van der Waals surface area contributed by atoms with Crippen molar-refractivity contribution in [2.45, 2.75) is 98.9 Å². The second kappa shape index (κ2) is 48.0. The number of carbonyl (C=O) groups is 11. The van der Waals surface area contributed by atoms with Crippen LogP contribution in [0.2, 0.25) is 0 Å². The Morgan fingerprint density at radius 3 is 1.32 bits per heavy atom. The number of aryl methyl sites for hydroxylation is 2. The number of anilines is 5. The number of amides is 4. The van der Waals surface area contributed by atoms with Crippen LogP contribution in [0.15, 0.2) is 144 Å². The second-order valence-corrected chi connectivity index (χ2v) is 29.0. The van der Waals surface area contributed by atoms with Gasteiger partial charge in [0.1, 0.15) is 45.9 Å². The number of fused-ring (bicyclic) bond motifs is 2. The third kappa shape index (κ3) is 35.2. The van der Waals surface area contributed by atoms with E-state index in [1.807, 2.05) is 0 Å². The van der Waals surface area contributed by atoms with Gasteiger partial charge in [-0.2, -0.15) is 0 Å². The predicted molar refractivity (Wildman–Crippen MR) is 444 cm³/mol. The standard InChI is InChI=1S/C15H18N2O3.C14H15FN2O3.C14H16N2O3.C12H7FN2O.C12H10N2O2.C11H11FN2O.C9H4BrF2NO/c1-10-8-11(17-14(19)20-15(2,3)4)6-7-12(10)13(18)9-16-5;1-14(2,3)20-13(19)17-9-5-6-11(15)10(7-9)12(18)8-16-4;1-14(2,3)19-13(18)16-11-7-5-10(6-8-11)12(17)9-15-4;1-14-7-12(16)9-5-8-3-2-4-15-11(8)6-10(9)13;1-13-7-11(15)9-2-4-10-8(6-9)3-5-12(16)14-10;1-13-7-11(15)9-5-4-8(14(2)3)6-10(9)12;1-13-4-8(14)9-6(11)2-5(10)3-7(9)12/h6-8H,9H2,1-4H3,(H,17,19);5-7H,8H2,1-3H3,(H,17,19);5-8H,9H2,1-3H3,(H,16,18);2-6H,7H2;2,4,6H,3,5,7H2,(H,14,16);4-6H,7H2,2-3H3;2-3H,4H2. The van der Waals surface area contributed by atoms with Gasteiger partial charge in [-0.3, -0.25) is 59.3 Å². The molecule has 1 aromatic heterocycles. The van der Waals surface area contributed by atoms with Crippen LogP contribution in [-0.4, -0.2) is 146 Å². The number of nitrogens with one attached hydrogen (secondary N) is 4. The molecule has 7 aromatic carbocycles. The highest BCUT2D eigenvalue weighted by molar-refractivity contribution is 9.10. The van der Waals surface area contributed by atoms with Gasteiger partial charge in [0.15, 0.2) is 0 Å². The highest BCUT2D eigenvalue weighted by Gasteiger charge is 2.25. The van der Waals surface area contributed by atoms with Crippen molar-refractivity contribution in [3.8, 4) is 0 Å². The molecule has 9 rings (SSSR count). The summed E-state index contributed by atoms with van der Waals surface area (Å²) in [6, 6.07) is 32.4. The normalized spacial score (nSPS) is 10.6. The maximum absolute atomic E-state index is 13.5. The van der Waals surface area contributed by atoms with Crippen LogP contribution in [0.3, 0.4) is 0 Å². The Morgan fingerprint density at radius 2 is 0.850 bits per heavy atom. The summed E-state index contributed by atoms with van der Waals surface area (Å²) in [6.45, 7) is 61.6. The lowest BCUT2D eigenvalue weighted by atomic mass is 9.99. The van der Waals surface area contributed by atoms with Crippen molar-refractivity contribution >= 4 is 120 Å². The minimum absolute atomic E-state index is 0.00716. The van der Waals surface area contributed by atoms with Gasteiger partial charge in [-0.1, -0.05) is 22.0 Å². The predicted octanol–water partition coefficient (Wildman–Crippen LogP) is 18.8. The van der Waals surface area contributed by atoms with Gasteiger partial charge in [-0.15, -0.1) is 0 Å². The zero-order chi connectivity index (χ0) is 90.4. The van der Waals surface area contributed by atoms with Gasteiger partial charge < -0.3 is 58.3 Å². The molecule has 0 bridgehead atoms. The Kier molecular flexibility index (Phi) is 39.8. The molecule has 2 heterocycles. The minimum atomic E-state index is -0.953. The lowest BCUT2D eigenvalue weighted by molar-refractivity contribution is -0.116. The van der Waals surface area contributed by atoms with Crippen molar-refractivity contribution in [2.75, 3.05) is 86.1 Å². The lowest BCUT2D eigenvalue weighted by Gasteiger charge is -2.19. The fraction of sp³-hybridized carbons (Fsp3) is 0.276. The maximum atomic E-state index is 13.5. The number of carbonyl (C=O) groups excluding carboxylic acids is 11. The Labute approximate surface area is 698 Å². The number of benzene rings is 7. The van der Waals surface area contributed by atoms with E-state index in [1.165, 1.54) is 36.4 Å². The molecule has 8 aromatic rings. The third-order valence-corrected chi connectivity index (χ3v) is 15.3. The van der Waals surface area contributed by atoms with Crippen LogP contribution >= 0.6 is 15.9 Å². The smallest absolute Gasteiger partial charge is 0.412 e. The van der Waals surface area contributed by atoms with E-state index in [2.05, 4.69) is 76.1 Å². The number of hydrogen-bond acceptors (Lipinski definition) is 16. The number of ketones is 7. The summed E-state index contributed by atoms with van der Waals surface area (Å²) < 4.78 is 82.1.